The standard InChI is InChI=1S/C30H48O2/c1-20(10-9-16-26(2,3)32)21-13-18-30(8)23-11-12-24-27(4,5)25(31)15-17-28(24,6)22(23)14-19-29(21,30)7/h9,11,14,16,20-21,24-25,31-32H,10,12-13,15,17-19H2,1-8H3/b16-9+/t20-,21+,24+,25+,28-,29+,30-/m1/s1. The van der Waals surface area contributed by atoms with Crippen LogP contribution in [0.4, 0.5) is 0 Å². The highest BCUT2D eigenvalue weighted by Crippen LogP contribution is 2.71. The van der Waals surface area contributed by atoms with E-state index in [1.54, 1.807) is 11.1 Å². The van der Waals surface area contributed by atoms with Gasteiger partial charge in [-0.15, -0.1) is 0 Å². The van der Waals surface area contributed by atoms with Gasteiger partial charge in [0, 0.05) is 0 Å². The lowest BCUT2D eigenvalue weighted by atomic mass is 9.44. The van der Waals surface area contributed by atoms with E-state index in [0.29, 0.717) is 17.8 Å². The van der Waals surface area contributed by atoms with Crippen LogP contribution in [0, 0.1) is 39.4 Å². The molecule has 0 aromatic heterocycles. The first-order valence-corrected chi connectivity index (χ1v) is 13.2. The van der Waals surface area contributed by atoms with E-state index < -0.39 is 5.60 Å². The van der Waals surface area contributed by atoms with Gasteiger partial charge in [-0.1, -0.05) is 65.8 Å². The van der Waals surface area contributed by atoms with Crippen LogP contribution in [0.15, 0.2) is 35.5 Å². The molecule has 0 unspecified atom stereocenters. The summed E-state index contributed by atoms with van der Waals surface area (Å²) in [6, 6.07) is 0. The Morgan fingerprint density at radius 3 is 2.41 bits per heavy atom. The molecule has 0 radical (unpaired) electrons. The second kappa shape index (κ2) is 7.57. The van der Waals surface area contributed by atoms with Gasteiger partial charge in [-0.25, -0.2) is 0 Å². The Kier molecular flexibility index (Phi) is 5.74. The maximum absolute atomic E-state index is 10.8. The van der Waals surface area contributed by atoms with Crippen LogP contribution in [0.1, 0.15) is 100 Å². The Bertz CT molecular complexity index is 839. The van der Waals surface area contributed by atoms with Gasteiger partial charge in [0.25, 0.3) is 0 Å². The quantitative estimate of drug-likeness (QED) is 0.453. The van der Waals surface area contributed by atoms with Gasteiger partial charge in [0.15, 0.2) is 0 Å². The van der Waals surface area contributed by atoms with Crippen molar-refractivity contribution in [1.29, 1.82) is 0 Å². The van der Waals surface area contributed by atoms with Crippen LogP contribution in [0.25, 0.3) is 0 Å². The summed E-state index contributed by atoms with van der Waals surface area (Å²) in [5.74, 6) is 1.84. The lowest BCUT2D eigenvalue weighted by molar-refractivity contribution is -0.0850. The van der Waals surface area contributed by atoms with E-state index in [-0.39, 0.29) is 27.8 Å². The van der Waals surface area contributed by atoms with Crippen LogP contribution < -0.4 is 0 Å². The number of fused-ring (bicyclic) bond motifs is 5. The van der Waals surface area contributed by atoms with E-state index in [1.807, 2.05) is 19.9 Å². The van der Waals surface area contributed by atoms with E-state index in [1.165, 1.54) is 19.3 Å². The van der Waals surface area contributed by atoms with E-state index in [0.717, 1.165) is 25.7 Å². The van der Waals surface area contributed by atoms with Crippen molar-refractivity contribution in [1.82, 2.24) is 0 Å². The van der Waals surface area contributed by atoms with Gasteiger partial charge in [-0.2, -0.15) is 0 Å². The summed E-state index contributed by atoms with van der Waals surface area (Å²) in [6.45, 7) is 18.4. The molecule has 2 N–H and O–H groups in total. The highest BCUT2D eigenvalue weighted by Gasteiger charge is 2.62. The Morgan fingerprint density at radius 2 is 1.75 bits per heavy atom. The molecule has 0 aromatic rings. The van der Waals surface area contributed by atoms with Gasteiger partial charge in [0.05, 0.1) is 11.7 Å². The number of rotatable bonds is 4. The van der Waals surface area contributed by atoms with Crippen LogP contribution in [-0.4, -0.2) is 21.9 Å². The Balaban J connectivity index is 1.65. The van der Waals surface area contributed by atoms with Crippen molar-refractivity contribution >= 4 is 0 Å². The molecular formula is C30H48O2. The Labute approximate surface area is 197 Å². The molecule has 0 amide bonds. The van der Waals surface area contributed by atoms with Gasteiger partial charge < -0.3 is 10.2 Å². The molecule has 7 atom stereocenters. The maximum atomic E-state index is 10.8. The molecule has 0 aromatic carbocycles. The number of aliphatic hydroxyl groups is 2. The highest BCUT2D eigenvalue weighted by atomic mass is 16.3. The van der Waals surface area contributed by atoms with Crippen molar-refractivity contribution in [3.63, 3.8) is 0 Å². The molecule has 2 fully saturated rings. The van der Waals surface area contributed by atoms with Crippen LogP contribution in [0.2, 0.25) is 0 Å². The van der Waals surface area contributed by atoms with E-state index >= 15 is 0 Å². The van der Waals surface area contributed by atoms with Crippen LogP contribution in [0.3, 0.4) is 0 Å². The molecule has 0 spiro atoms. The van der Waals surface area contributed by atoms with Crippen LogP contribution in [-0.2, 0) is 0 Å². The first kappa shape index (κ1) is 24.3. The molecule has 0 bridgehead atoms. The molecular weight excluding hydrogens is 392 g/mol. The maximum Gasteiger partial charge on any atom is 0.0771 e. The summed E-state index contributed by atoms with van der Waals surface area (Å²) in [5.41, 5.74) is 3.24. The number of hydrogen-bond acceptors (Lipinski definition) is 2. The molecule has 0 heterocycles. The van der Waals surface area contributed by atoms with Gasteiger partial charge in [0.2, 0.25) is 0 Å². The second-order valence-corrected chi connectivity index (χ2v) is 13.7. The third kappa shape index (κ3) is 3.42. The van der Waals surface area contributed by atoms with Gasteiger partial charge in [-0.05, 0) is 109 Å². The number of hydrogen-bond donors (Lipinski definition) is 2. The van der Waals surface area contributed by atoms with Crippen molar-refractivity contribution in [2.45, 2.75) is 112 Å². The summed E-state index contributed by atoms with van der Waals surface area (Å²) in [6.07, 6.45) is 17.1. The third-order valence-electron chi connectivity index (χ3n) is 11.0. The van der Waals surface area contributed by atoms with E-state index in [9.17, 15) is 10.2 Å². The second-order valence-electron chi connectivity index (χ2n) is 13.7. The largest absolute Gasteiger partial charge is 0.393 e. The smallest absolute Gasteiger partial charge is 0.0771 e. The molecule has 4 rings (SSSR count). The zero-order valence-electron chi connectivity index (χ0n) is 22.0. The fourth-order valence-corrected chi connectivity index (χ4v) is 8.68. The summed E-state index contributed by atoms with van der Waals surface area (Å²) in [7, 11) is 0. The zero-order chi connectivity index (χ0) is 23.7. The SMILES string of the molecule is C[C@H](C/C=C/C(C)(C)O)[C@@H]1CC[C@]2(C)C3=CC[C@H]4C(C)(C)[C@@H](O)CC[C@]4(C)C3=CC[C@@]12C. The minimum Gasteiger partial charge on any atom is -0.393 e. The average molecular weight is 441 g/mol. The number of aliphatic hydroxyl groups excluding tert-OH is 1. The minimum absolute atomic E-state index is 0.0307. The summed E-state index contributed by atoms with van der Waals surface area (Å²) in [5, 5.41) is 20.8. The van der Waals surface area contributed by atoms with Gasteiger partial charge in [0.1, 0.15) is 0 Å². The third-order valence-corrected chi connectivity index (χ3v) is 11.0. The lowest BCUT2D eigenvalue weighted by Crippen LogP contribution is -2.54. The van der Waals surface area contributed by atoms with E-state index in [2.05, 4.69) is 59.8 Å². The van der Waals surface area contributed by atoms with Crippen molar-refractivity contribution in [3.05, 3.63) is 35.5 Å². The zero-order valence-corrected chi connectivity index (χ0v) is 22.0. The molecule has 0 saturated heterocycles. The summed E-state index contributed by atoms with van der Waals surface area (Å²) < 4.78 is 0. The fourth-order valence-electron chi connectivity index (χ4n) is 8.68. The molecule has 2 saturated carbocycles. The molecule has 2 nitrogen and oxygen atoms in total. The summed E-state index contributed by atoms with van der Waals surface area (Å²) in [4.78, 5) is 0. The first-order valence-electron chi connectivity index (χ1n) is 13.2. The minimum atomic E-state index is -0.726. The number of allylic oxidation sites excluding steroid dienone is 5. The molecule has 2 heteroatoms. The van der Waals surface area contributed by atoms with Crippen LogP contribution >= 0.6 is 0 Å². The first-order chi connectivity index (χ1) is 14.7. The average Bonchev–Trinajstić information content (AvgIpc) is 2.96. The normalized spacial score (nSPS) is 44.4. The molecule has 32 heavy (non-hydrogen) atoms. The monoisotopic (exact) mass is 440 g/mol. The molecule has 0 aliphatic heterocycles. The van der Waals surface area contributed by atoms with Crippen molar-refractivity contribution < 1.29 is 10.2 Å². The van der Waals surface area contributed by atoms with Gasteiger partial charge in [-0.3, -0.25) is 0 Å². The molecule has 4 aliphatic rings. The van der Waals surface area contributed by atoms with E-state index in [4.69, 9.17) is 0 Å². The topological polar surface area (TPSA) is 40.5 Å². The fraction of sp³-hybridized carbons (Fsp3) is 0.800. The molecule has 4 aliphatic carbocycles. The summed E-state index contributed by atoms with van der Waals surface area (Å²) >= 11 is 0. The Morgan fingerprint density at radius 1 is 1.06 bits per heavy atom. The molecule has 180 valence electrons. The highest BCUT2D eigenvalue weighted by molar-refractivity contribution is 5.49. The van der Waals surface area contributed by atoms with Crippen molar-refractivity contribution in [2.24, 2.45) is 39.4 Å². The predicted molar refractivity (Wildman–Crippen MR) is 134 cm³/mol. The van der Waals surface area contributed by atoms with Crippen LogP contribution in [0.5, 0.6) is 0 Å². The lowest BCUT2D eigenvalue weighted by Gasteiger charge is -2.61. The van der Waals surface area contributed by atoms with Crippen molar-refractivity contribution in [2.75, 3.05) is 0 Å². The predicted octanol–water partition coefficient (Wildman–Crippen LogP) is 7.23. The Hall–Kier alpha value is -0.860. The van der Waals surface area contributed by atoms with Gasteiger partial charge >= 0.3 is 0 Å². The van der Waals surface area contributed by atoms with Crippen molar-refractivity contribution in [3.8, 4) is 0 Å².